The second-order valence-corrected chi connectivity index (χ2v) is 6.54. The second kappa shape index (κ2) is 5.80. The lowest BCUT2D eigenvalue weighted by Crippen LogP contribution is -2.30. The molecule has 1 N–H and O–H groups in total. The summed E-state index contributed by atoms with van der Waals surface area (Å²) >= 11 is 5.60. The van der Waals surface area contributed by atoms with Gasteiger partial charge in [0.1, 0.15) is 10.0 Å². The lowest BCUT2D eigenvalue weighted by atomic mass is 9.99. The largest absolute Gasteiger partial charge is 0.243 e. The Hall–Kier alpha value is -0.650. The standard InChI is InChI=1S/C11H17ClN2O2S/c1-8(2)9(3)6-14-17(15,16)10-4-5-11(12)13-7-10/h4-5,7-9,14H,6H2,1-3H3. The van der Waals surface area contributed by atoms with Crippen LogP contribution in [-0.4, -0.2) is 19.9 Å². The van der Waals surface area contributed by atoms with E-state index in [4.69, 9.17) is 11.6 Å². The molecule has 0 spiro atoms. The molecule has 1 rings (SSSR count). The Morgan fingerprint density at radius 3 is 2.47 bits per heavy atom. The molecule has 1 unspecified atom stereocenters. The molecule has 1 heterocycles. The van der Waals surface area contributed by atoms with Crippen LogP contribution in [0.4, 0.5) is 0 Å². The number of sulfonamides is 1. The Morgan fingerprint density at radius 1 is 1.35 bits per heavy atom. The van der Waals surface area contributed by atoms with E-state index in [0.29, 0.717) is 12.5 Å². The molecule has 0 saturated carbocycles. The molecule has 0 amide bonds. The van der Waals surface area contributed by atoms with Crippen LogP contribution in [0.2, 0.25) is 5.15 Å². The Labute approximate surface area is 107 Å². The lowest BCUT2D eigenvalue weighted by molar-refractivity contribution is 0.414. The van der Waals surface area contributed by atoms with Crippen molar-refractivity contribution in [3.63, 3.8) is 0 Å². The quantitative estimate of drug-likeness (QED) is 0.840. The molecule has 0 radical (unpaired) electrons. The first-order valence-corrected chi connectivity index (χ1v) is 7.30. The highest BCUT2D eigenvalue weighted by Gasteiger charge is 2.16. The van der Waals surface area contributed by atoms with E-state index < -0.39 is 10.0 Å². The van der Waals surface area contributed by atoms with Crippen molar-refractivity contribution in [2.45, 2.75) is 25.7 Å². The minimum absolute atomic E-state index is 0.137. The van der Waals surface area contributed by atoms with Crippen molar-refractivity contribution in [1.29, 1.82) is 0 Å². The van der Waals surface area contributed by atoms with E-state index in [2.05, 4.69) is 23.6 Å². The topological polar surface area (TPSA) is 59.1 Å². The monoisotopic (exact) mass is 276 g/mol. The number of nitrogens with zero attached hydrogens (tertiary/aromatic N) is 1. The maximum Gasteiger partial charge on any atom is 0.242 e. The highest BCUT2D eigenvalue weighted by atomic mass is 35.5. The maximum atomic E-state index is 11.9. The molecule has 1 aromatic rings. The van der Waals surface area contributed by atoms with E-state index in [9.17, 15) is 8.42 Å². The highest BCUT2D eigenvalue weighted by Crippen LogP contribution is 2.12. The molecule has 0 aliphatic carbocycles. The second-order valence-electron chi connectivity index (χ2n) is 4.39. The van der Waals surface area contributed by atoms with E-state index >= 15 is 0 Å². The molecule has 6 heteroatoms. The van der Waals surface area contributed by atoms with Gasteiger partial charge in [-0.3, -0.25) is 0 Å². The molecule has 0 aliphatic heterocycles. The molecule has 0 saturated heterocycles. The van der Waals surface area contributed by atoms with Crippen LogP contribution >= 0.6 is 11.6 Å². The van der Waals surface area contributed by atoms with Gasteiger partial charge in [-0.15, -0.1) is 0 Å². The van der Waals surface area contributed by atoms with Crippen LogP contribution in [-0.2, 0) is 10.0 Å². The van der Waals surface area contributed by atoms with Gasteiger partial charge in [0.25, 0.3) is 0 Å². The van der Waals surface area contributed by atoms with Crippen molar-refractivity contribution < 1.29 is 8.42 Å². The predicted molar refractivity (Wildman–Crippen MR) is 68.4 cm³/mol. The summed E-state index contributed by atoms with van der Waals surface area (Å²) in [4.78, 5) is 3.89. The van der Waals surface area contributed by atoms with Gasteiger partial charge in [-0.25, -0.2) is 18.1 Å². The fourth-order valence-electron chi connectivity index (χ4n) is 1.08. The molecule has 0 aromatic carbocycles. The minimum Gasteiger partial charge on any atom is -0.243 e. The molecule has 96 valence electrons. The fraction of sp³-hybridized carbons (Fsp3) is 0.545. The summed E-state index contributed by atoms with van der Waals surface area (Å²) in [6.07, 6.45) is 1.25. The summed E-state index contributed by atoms with van der Waals surface area (Å²) in [5, 5.41) is 0.277. The van der Waals surface area contributed by atoms with Gasteiger partial charge in [-0.2, -0.15) is 0 Å². The molecular weight excluding hydrogens is 260 g/mol. The van der Waals surface area contributed by atoms with E-state index in [1.54, 1.807) is 0 Å². The summed E-state index contributed by atoms with van der Waals surface area (Å²) in [7, 11) is -3.48. The van der Waals surface area contributed by atoms with Gasteiger partial charge in [0.15, 0.2) is 0 Å². The van der Waals surface area contributed by atoms with Crippen molar-refractivity contribution >= 4 is 21.6 Å². The Balaban J connectivity index is 2.72. The first-order chi connectivity index (χ1) is 7.83. The first-order valence-electron chi connectivity index (χ1n) is 5.44. The number of pyridine rings is 1. The van der Waals surface area contributed by atoms with Crippen molar-refractivity contribution in [2.24, 2.45) is 11.8 Å². The third-order valence-corrected chi connectivity index (χ3v) is 4.38. The number of hydrogen-bond donors (Lipinski definition) is 1. The molecule has 1 aromatic heterocycles. The Kier molecular flexibility index (Phi) is 4.91. The van der Waals surface area contributed by atoms with Gasteiger partial charge >= 0.3 is 0 Å². The smallest absolute Gasteiger partial charge is 0.242 e. The molecule has 4 nitrogen and oxygen atoms in total. The fourth-order valence-corrected chi connectivity index (χ4v) is 2.28. The van der Waals surface area contributed by atoms with Crippen LogP contribution in [0.3, 0.4) is 0 Å². The molecular formula is C11H17ClN2O2S. The molecule has 0 fully saturated rings. The zero-order valence-corrected chi connectivity index (χ0v) is 11.7. The lowest BCUT2D eigenvalue weighted by Gasteiger charge is -2.16. The number of rotatable bonds is 5. The number of aromatic nitrogens is 1. The summed E-state index contributed by atoms with van der Waals surface area (Å²) < 4.78 is 26.3. The molecule has 0 aliphatic rings. The Bertz CT molecular complexity index is 457. The van der Waals surface area contributed by atoms with E-state index in [1.807, 2.05) is 6.92 Å². The zero-order valence-electron chi connectivity index (χ0n) is 10.1. The zero-order chi connectivity index (χ0) is 13.1. The normalized spacial score (nSPS) is 13.9. The maximum absolute atomic E-state index is 11.9. The third-order valence-electron chi connectivity index (χ3n) is 2.74. The van der Waals surface area contributed by atoms with Gasteiger partial charge < -0.3 is 0 Å². The number of hydrogen-bond acceptors (Lipinski definition) is 3. The van der Waals surface area contributed by atoms with Crippen molar-refractivity contribution in [3.05, 3.63) is 23.5 Å². The number of nitrogens with one attached hydrogen (secondary N) is 1. The minimum atomic E-state index is -3.48. The van der Waals surface area contributed by atoms with E-state index in [0.717, 1.165) is 0 Å². The molecule has 17 heavy (non-hydrogen) atoms. The van der Waals surface area contributed by atoms with E-state index in [1.165, 1.54) is 18.3 Å². The summed E-state index contributed by atoms with van der Waals surface area (Å²) in [6, 6.07) is 2.90. The summed E-state index contributed by atoms with van der Waals surface area (Å²) in [6.45, 7) is 6.54. The van der Waals surface area contributed by atoms with Crippen LogP contribution in [0.25, 0.3) is 0 Å². The van der Waals surface area contributed by atoms with Gasteiger partial charge in [0, 0.05) is 12.7 Å². The van der Waals surface area contributed by atoms with Gasteiger partial charge in [0.05, 0.1) is 0 Å². The van der Waals surface area contributed by atoms with Crippen molar-refractivity contribution in [2.75, 3.05) is 6.54 Å². The summed E-state index contributed by atoms with van der Waals surface area (Å²) in [5.41, 5.74) is 0. The van der Waals surface area contributed by atoms with Crippen LogP contribution in [0, 0.1) is 11.8 Å². The van der Waals surface area contributed by atoms with Gasteiger partial charge in [-0.05, 0) is 24.0 Å². The summed E-state index contributed by atoms with van der Waals surface area (Å²) in [5.74, 6) is 0.714. The van der Waals surface area contributed by atoms with Crippen molar-refractivity contribution in [3.8, 4) is 0 Å². The average molecular weight is 277 g/mol. The third kappa shape index (κ3) is 4.26. The van der Waals surface area contributed by atoms with Gasteiger partial charge in [-0.1, -0.05) is 32.4 Å². The molecule has 0 bridgehead atoms. The SMILES string of the molecule is CC(C)C(C)CNS(=O)(=O)c1ccc(Cl)nc1. The van der Waals surface area contributed by atoms with E-state index in [-0.39, 0.29) is 16.0 Å². The highest BCUT2D eigenvalue weighted by molar-refractivity contribution is 7.89. The average Bonchev–Trinajstić information content (AvgIpc) is 2.26. The molecule has 1 atom stereocenters. The predicted octanol–water partition coefficient (Wildman–Crippen LogP) is 2.31. The van der Waals surface area contributed by atoms with Crippen LogP contribution in [0.5, 0.6) is 0 Å². The van der Waals surface area contributed by atoms with Crippen molar-refractivity contribution in [1.82, 2.24) is 9.71 Å². The Morgan fingerprint density at radius 2 is 2.00 bits per heavy atom. The van der Waals surface area contributed by atoms with Crippen LogP contribution < -0.4 is 4.72 Å². The first kappa shape index (κ1) is 14.4. The van der Waals surface area contributed by atoms with Gasteiger partial charge in [0.2, 0.25) is 10.0 Å². The van der Waals surface area contributed by atoms with Crippen LogP contribution in [0.15, 0.2) is 23.2 Å². The number of halogens is 1. The van der Waals surface area contributed by atoms with Crippen LogP contribution in [0.1, 0.15) is 20.8 Å².